The molecule has 1 radical (unpaired) electrons. The van der Waals surface area contributed by atoms with E-state index < -0.39 is 6.04 Å². The van der Waals surface area contributed by atoms with E-state index in [0.29, 0.717) is 13.3 Å². The largest absolute Gasteiger partial charge is 0.471 e. The summed E-state index contributed by atoms with van der Waals surface area (Å²) < 4.78 is 5.40. The number of hydrogen-bond acceptors (Lipinski definition) is 4. The summed E-state index contributed by atoms with van der Waals surface area (Å²) in [7, 11) is 0. The molecule has 14 heavy (non-hydrogen) atoms. The normalized spacial score (nSPS) is 15.9. The molecule has 1 aromatic rings. The Hall–Kier alpha value is -1.55. The summed E-state index contributed by atoms with van der Waals surface area (Å²) in [6.45, 7) is 0.898. The molecule has 0 spiro atoms. The predicted octanol–water partition coefficient (Wildman–Crippen LogP) is 0.280. The van der Waals surface area contributed by atoms with Gasteiger partial charge in [-0.15, -0.1) is 0 Å². The van der Waals surface area contributed by atoms with E-state index in [1.54, 1.807) is 6.29 Å². The summed E-state index contributed by atoms with van der Waals surface area (Å²) >= 11 is 0. The summed E-state index contributed by atoms with van der Waals surface area (Å²) in [4.78, 5) is 12.2. The van der Waals surface area contributed by atoms with Crippen molar-refractivity contribution in [3.8, 4) is 5.75 Å². The fraction of sp³-hybridized carbons (Fsp3) is 0.300. The number of ether oxygens (including phenoxy) is 1. The van der Waals surface area contributed by atoms with Crippen molar-refractivity contribution in [2.45, 2.75) is 6.04 Å². The molecule has 0 bridgehead atoms. The molecule has 0 aromatic heterocycles. The molecule has 0 aliphatic carbocycles. The highest BCUT2D eigenvalue weighted by Gasteiger charge is 2.21. The van der Waals surface area contributed by atoms with Gasteiger partial charge in [-0.25, -0.2) is 0 Å². The molecule has 1 aliphatic heterocycles. The summed E-state index contributed by atoms with van der Waals surface area (Å²) in [6, 6.07) is 7.10. The van der Waals surface area contributed by atoms with Gasteiger partial charge in [0.05, 0.1) is 11.7 Å². The molecule has 4 nitrogen and oxygen atoms in total. The molecule has 1 aliphatic rings. The molecule has 2 rings (SSSR count). The van der Waals surface area contributed by atoms with Crippen LogP contribution in [0.15, 0.2) is 24.3 Å². The van der Waals surface area contributed by atoms with Crippen LogP contribution in [0, 0.1) is 0 Å². The third-order valence-electron chi connectivity index (χ3n) is 2.15. The van der Waals surface area contributed by atoms with E-state index in [4.69, 9.17) is 10.5 Å². The first-order valence-corrected chi connectivity index (χ1v) is 4.41. The first-order valence-electron chi connectivity index (χ1n) is 4.41. The standard InChI is InChI=1S/C10H11N2O2/c11-8(6-13)5-12-7-14-10-4-2-1-3-9(10)12/h1-4,8H,5,7,11H2/t8-/m0/s1. The molecular weight excluding hydrogens is 180 g/mol. The molecule has 1 heterocycles. The van der Waals surface area contributed by atoms with Crippen molar-refractivity contribution in [2.75, 3.05) is 18.2 Å². The molecule has 0 amide bonds. The van der Waals surface area contributed by atoms with Gasteiger partial charge in [-0.1, -0.05) is 12.1 Å². The lowest BCUT2D eigenvalue weighted by molar-refractivity contribution is 0.345. The Morgan fingerprint density at radius 2 is 2.36 bits per heavy atom. The van der Waals surface area contributed by atoms with E-state index in [0.717, 1.165) is 11.4 Å². The highest BCUT2D eigenvalue weighted by atomic mass is 16.5. The first-order chi connectivity index (χ1) is 6.81. The smallest absolute Gasteiger partial charge is 0.218 e. The van der Waals surface area contributed by atoms with Crippen molar-refractivity contribution >= 4 is 12.0 Å². The SMILES string of the molecule is N[C@H]([C]=O)CN1COc2ccccc21. The Morgan fingerprint density at radius 1 is 1.57 bits per heavy atom. The molecule has 1 aromatic carbocycles. The minimum absolute atomic E-state index is 0.445. The van der Waals surface area contributed by atoms with Gasteiger partial charge in [0.2, 0.25) is 6.29 Å². The lowest BCUT2D eigenvalue weighted by Gasteiger charge is -2.17. The van der Waals surface area contributed by atoms with Crippen LogP contribution in [0.1, 0.15) is 0 Å². The van der Waals surface area contributed by atoms with E-state index in [-0.39, 0.29) is 0 Å². The topological polar surface area (TPSA) is 55.6 Å². The van der Waals surface area contributed by atoms with Gasteiger partial charge in [-0.3, -0.25) is 4.79 Å². The maximum absolute atomic E-state index is 10.3. The molecule has 4 heteroatoms. The second-order valence-corrected chi connectivity index (χ2v) is 3.19. The third-order valence-corrected chi connectivity index (χ3v) is 2.15. The minimum atomic E-state index is -0.579. The highest BCUT2D eigenvalue weighted by molar-refractivity contribution is 5.64. The van der Waals surface area contributed by atoms with Crippen molar-refractivity contribution in [1.82, 2.24) is 0 Å². The number of nitrogens with zero attached hydrogens (tertiary/aromatic N) is 1. The van der Waals surface area contributed by atoms with E-state index in [9.17, 15) is 4.79 Å². The minimum Gasteiger partial charge on any atom is -0.471 e. The van der Waals surface area contributed by atoms with Crippen LogP contribution in [0.5, 0.6) is 5.75 Å². The Bertz CT molecular complexity index is 341. The van der Waals surface area contributed by atoms with Crippen LogP contribution in [0.3, 0.4) is 0 Å². The Balaban J connectivity index is 2.14. The lowest BCUT2D eigenvalue weighted by atomic mass is 10.2. The summed E-state index contributed by atoms with van der Waals surface area (Å²) in [5.74, 6) is 0.839. The van der Waals surface area contributed by atoms with E-state index in [1.165, 1.54) is 0 Å². The van der Waals surface area contributed by atoms with Crippen LogP contribution in [-0.2, 0) is 4.79 Å². The maximum Gasteiger partial charge on any atom is 0.218 e. The first kappa shape index (κ1) is 9.02. The summed E-state index contributed by atoms with van der Waals surface area (Å²) in [6.07, 6.45) is 1.75. The number of anilines is 1. The molecule has 73 valence electrons. The number of carbonyl (C=O) groups excluding carboxylic acids is 1. The number of para-hydroxylation sites is 2. The maximum atomic E-state index is 10.3. The second kappa shape index (κ2) is 3.67. The fourth-order valence-corrected chi connectivity index (χ4v) is 1.48. The molecule has 0 saturated carbocycles. The van der Waals surface area contributed by atoms with Crippen LogP contribution in [0.2, 0.25) is 0 Å². The van der Waals surface area contributed by atoms with Crippen molar-refractivity contribution in [3.63, 3.8) is 0 Å². The van der Waals surface area contributed by atoms with Crippen molar-refractivity contribution in [2.24, 2.45) is 5.73 Å². The Morgan fingerprint density at radius 3 is 3.14 bits per heavy atom. The predicted molar refractivity (Wildman–Crippen MR) is 53.0 cm³/mol. The van der Waals surface area contributed by atoms with Crippen molar-refractivity contribution < 1.29 is 9.53 Å². The second-order valence-electron chi connectivity index (χ2n) is 3.19. The quantitative estimate of drug-likeness (QED) is 0.745. The van der Waals surface area contributed by atoms with Crippen molar-refractivity contribution in [3.05, 3.63) is 24.3 Å². The molecule has 0 fully saturated rings. The van der Waals surface area contributed by atoms with Gasteiger partial charge >= 0.3 is 0 Å². The van der Waals surface area contributed by atoms with Crippen LogP contribution in [-0.4, -0.2) is 25.6 Å². The molecular formula is C10H11N2O2. The molecule has 2 N–H and O–H groups in total. The average molecular weight is 191 g/mol. The number of nitrogens with two attached hydrogens (primary N) is 1. The zero-order chi connectivity index (χ0) is 9.97. The van der Waals surface area contributed by atoms with E-state index >= 15 is 0 Å². The van der Waals surface area contributed by atoms with Gasteiger partial charge in [-0.05, 0) is 12.1 Å². The Kier molecular flexibility index (Phi) is 2.37. The Labute approximate surface area is 82.3 Å². The van der Waals surface area contributed by atoms with E-state index in [2.05, 4.69) is 0 Å². The van der Waals surface area contributed by atoms with Gasteiger partial charge in [0.25, 0.3) is 0 Å². The van der Waals surface area contributed by atoms with E-state index in [1.807, 2.05) is 29.2 Å². The van der Waals surface area contributed by atoms with Crippen LogP contribution in [0.4, 0.5) is 5.69 Å². The molecule has 0 saturated heterocycles. The average Bonchev–Trinajstić information content (AvgIpc) is 2.62. The van der Waals surface area contributed by atoms with Crippen LogP contribution >= 0.6 is 0 Å². The van der Waals surface area contributed by atoms with Gasteiger partial charge in [-0.2, -0.15) is 0 Å². The van der Waals surface area contributed by atoms with Crippen molar-refractivity contribution in [1.29, 1.82) is 0 Å². The van der Waals surface area contributed by atoms with Gasteiger partial charge in [0.15, 0.2) is 6.73 Å². The monoisotopic (exact) mass is 191 g/mol. The number of hydrogen-bond donors (Lipinski definition) is 1. The van der Waals surface area contributed by atoms with Crippen LogP contribution in [0.25, 0.3) is 0 Å². The van der Waals surface area contributed by atoms with Gasteiger partial charge < -0.3 is 15.4 Å². The zero-order valence-corrected chi connectivity index (χ0v) is 7.64. The zero-order valence-electron chi connectivity index (χ0n) is 7.64. The number of benzene rings is 1. The highest BCUT2D eigenvalue weighted by Crippen LogP contribution is 2.32. The number of fused-ring (bicyclic) bond motifs is 1. The lowest BCUT2D eigenvalue weighted by Crippen LogP contribution is -2.38. The van der Waals surface area contributed by atoms with Gasteiger partial charge in [0, 0.05) is 6.54 Å². The summed E-state index contributed by atoms with van der Waals surface area (Å²) in [5.41, 5.74) is 6.47. The van der Waals surface area contributed by atoms with Crippen LogP contribution < -0.4 is 15.4 Å². The number of rotatable bonds is 3. The molecule has 1 atom stereocenters. The molecule has 0 unspecified atom stereocenters. The third kappa shape index (κ3) is 1.56. The summed E-state index contributed by atoms with van der Waals surface area (Å²) in [5, 5.41) is 0. The van der Waals surface area contributed by atoms with Gasteiger partial charge in [0.1, 0.15) is 5.75 Å². The fourth-order valence-electron chi connectivity index (χ4n) is 1.48.